The van der Waals surface area contributed by atoms with Gasteiger partial charge in [0.1, 0.15) is 0 Å². The highest BCUT2D eigenvalue weighted by molar-refractivity contribution is 5.81. The Kier molecular flexibility index (Phi) is 4.35. The zero-order valence-corrected chi connectivity index (χ0v) is 8.99. The molecule has 0 bridgehead atoms. The largest absolute Gasteiger partial charge is 0.395 e. The van der Waals surface area contributed by atoms with Crippen LogP contribution in [0.15, 0.2) is 0 Å². The molecule has 1 aliphatic carbocycles. The fourth-order valence-electron chi connectivity index (χ4n) is 1.47. The van der Waals surface area contributed by atoms with Gasteiger partial charge >= 0.3 is 0 Å². The Morgan fingerprint density at radius 3 is 2.71 bits per heavy atom. The molecule has 0 aromatic heterocycles. The fraction of sp³-hybridized carbons (Fsp3) is 0.900. The SMILES string of the molecule is CCN(CCO)C(C)C(=O)NC1CC1. The second kappa shape index (κ2) is 5.32. The molecular formula is C10H20N2O2. The van der Waals surface area contributed by atoms with Gasteiger partial charge in [0.2, 0.25) is 5.91 Å². The first-order valence-electron chi connectivity index (χ1n) is 5.34. The summed E-state index contributed by atoms with van der Waals surface area (Å²) in [6.45, 7) is 5.35. The second-order valence-corrected chi connectivity index (χ2v) is 3.81. The Balaban J connectivity index is 2.34. The number of hydrogen-bond donors (Lipinski definition) is 2. The van der Waals surface area contributed by atoms with Crippen molar-refractivity contribution >= 4 is 5.91 Å². The molecule has 0 aromatic rings. The van der Waals surface area contributed by atoms with E-state index < -0.39 is 0 Å². The van der Waals surface area contributed by atoms with Crippen LogP contribution in [0.25, 0.3) is 0 Å². The van der Waals surface area contributed by atoms with Gasteiger partial charge < -0.3 is 10.4 Å². The maximum atomic E-state index is 11.6. The maximum Gasteiger partial charge on any atom is 0.237 e. The van der Waals surface area contributed by atoms with Crippen molar-refractivity contribution in [1.82, 2.24) is 10.2 Å². The first-order valence-corrected chi connectivity index (χ1v) is 5.34. The average Bonchev–Trinajstić information content (AvgIpc) is 2.96. The summed E-state index contributed by atoms with van der Waals surface area (Å²) >= 11 is 0. The summed E-state index contributed by atoms with van der Waals surface area (Å²) in [5, 5.41) is 11.8. The standard InChI is InChI=1S/C10H20N2O2/c1-3-12(6-7-13)8(2)10(14)11-9-4-5-9/h8-9,13H,3-7H2,1-2H3,(H,11,14). The molecule has 1 fully saturated rings. The molecule has 82 valence electrons. The summed E-state index contributed by atoms with van der Waals surface area (Å²) in [6, 6.07) is 0.283. The van der Waals surface area contributed by atoms with Crippen LogP contribution >= 0.6 is 0 Å². The van der Waals surface area contributed by atoms with Gasteiger partial charge in [-0.25, -0.2) is 0 Å². The Hall–Kier alpha value is -0.610. The normalized spacial score (nSPS) is 18.3. The first-order chi connectivity index (χ1) is 6.69. The number of carbonyl (C=O) groups is 1. The summed E-state index contributed by atoms with van der Waals surface area (Å²) in [5.41, 5.74) is 0. The van der Waals surface area contributed by atoms with Crippen LogP contribution in [0.2, 0.25) is 0 Å². The molecule has 0 saturated heterocycles. The number of rotatable bonds is 6. The van der Waals surface area contributed by atoms with E-state index in [1.165, 1.54) is 0 Å². The number of aliphatic hydroxyl groups is 1. The Morgan fingerprint density at radius 1 is 1.64 bits per heavy atom. The second-order valence-electron chi connectivity index (χ2n) is 3.81. The molecule has 0 spiro atoms. The van der Waals surface area contributed by atoms with Crippen LogP contribution < -0.4 is 5.32 Å². The Labute approximate surface area is 85.3 Å². The van der Waals surface area contributed by atoms with Crippen molar-refractivity contribution in [3.05, 3.63) is 0 Å². The van der Waals surface area contributed by atoms with Gasteiger partial charge in [0.25, 0.3) is 0 Å². The van der Waals surface area contributed by atoms with E-state index in [4.69, 9.17) is 5.11 Å². The predicted octanol–water partition coefficient (Wildman–Crippen LogP) is -0.0323. The molecule has 1 saturated carbocycles. The van der Waals surface area contributed by atoms with Crippen LogP contribution in [0.4, 0.5) is 0 Å². The molecule has 4 heteroatoms. The lowest BCUT2D eigenvalue weighted by Crippen LogP contribution is -2.46. The van der Waals surface area contributed by atoms with Crippen molar-refractivity contribution in [2.75, 3.05) is 19.7 Å². The first kappa shape index (κ1) is 11.5. The lowest BCUT2D eigenvalue weighted by Gasteiger charge is -2.25. The molecule has 0 heterocycles. The minimum atomic E-state index is -0.132. The van der Waals surface area contributed by atoms with Crippen LogP contribution in [0.3, 0.4) is 0 Å². The minimum Gasteiger partial charge on any atom is -0.395 e. The molecule has 1 unspecified atom stereocenters. The van der Waals surface area contributed by atoms with E-state index in [1.54, 1.807) is 0 Å². The number of nitrogens with zero attached hydrogens (tertiary/aromatic N) is 1. The molecular weight excluding hydrogens is 180 g/mol. The summed E-state index contributed by atoms with van der Waals surface area (Å²) in [4.78, 5) is 13.6. The van der Waals surface area contributed by atoms with Gasteiger partial charge in [-0.05, 0) is 26.3 Å². The molecule has 2 N–H and O–H groups in total. The van der Waals surface area contributed by atoms with E-state index in [0.717, 1.165) is 19.4 Å². The number of amides is 1. The Morgan fingerprint density at radius 2 is 2.29 bits per heavy atom. The zero-order chi connectivity index (χ0) is 10.6. The van der Waals surface area contributed by atoms with Gasteiger partial charge in [0.05, 0.1) is 12.6 Å². The van der Waals surface area contributed by atoms with Gasteiger partial charge in [-0.15, -0.1) is 0 Å². The number of carbonyl (C=O) groups excluding carboxylic acids is 1. The Bertz CT molecular complexity index is 193. The molecule has 0 aromatic carbocycles. The molecule has 0 aliphatic heterocycles. The average molecular weight is 200 g/mol. The molecule has 4 nitrogen and oxygen atoms in total. The van der Waals surface area contributed by atoms with Crippen LogP contribution in [0, 0.1) is 0 Å². The van der Waals surface area contributed by atoms with Crippen molar-refractivity contribution in [1.29, 1.82) is 0 Å². The predicted molar refractivity (Wildman–Crippen MR) is 55.0 cm³/mol. The number of aliphatic hydroxyl groups excluding tert-OH is 1. The van der Waals surface area contributed by atoms with Crippen LogP contribution in [-0.2, 0) is 4.79 Å². The van der Waals surface area contributed by atoms with E-state index in [2.05, 4.69) is 5.32 Å². The van der Waals surface area contributed by atoms with Crippen molar-refractivity contribution < 1.29 is 9.90 Å². The van der Waals surface area contributed by atoms with Crippen molar-refractivity contribution in [3.8, 4) is 0 Å². The summed E-state index contributed by atoms with van der Waals surface area (Å²) < 4.78 is 0. The minimum absolute atomic E-state index is 0.0859. The van der Waals surface area contributed by atoms with Crippen LogP contribution in [0.5, 0.6) is 0 Å². The summed E-state index contributed by atoms with van der Waals surface area (Å²) in [6.07, 6.45) is 2.23. The summed E-state index contributed by atoms with van der Waals surface area (Å²) in [5.74, 6) is 0.0859. The van der Waals surface area contributed by atoms with Gasteiger partial charge in [0, 0.05) is 12.6 Å². The molecule has 1 rings (SSSR count). The van der Waals surface area contributed by atoms with E-state index in [-0.39, 0.29) is 18.6 Å². The van der Waals surface area contributed by atoms with E-state index in [0.29, 0.717) is 12.6 Å². The zero-order valence-electron chi connectivity index (χ0n) is 8.99. The number of hydrogen-bond acceptors (Lipinski definition) is 3. The third-order valence-corrected chi connectivity index (χ3v) is 2.64. The number of likely N-dealkylation sites (N-methyl/N-ethyl adjacent to an activating group) is 1. The van der Waals surface area contributed by atoms with Gasteiger partial charge in [-0.2, -0.15) is 0 Å². The van der Waals surface area contributed by atoms with Crippen molar-refractivity contribution in [2.24, 2.45) is 0 Å². The van der Waals surface area contributed by atoms with Crippen LogP contribution in [0.1, 0.15) is 26.7 Å². The highest BCUT2D eigenvalue weighted by Crippen LogP contribution is 2.18. The third-order valence-electron chi connectivity index (χ3n) is 2.64. The lowest BCUT2D eigenvalue weighted by molar-refractivity contribution is -0.126. The van der Waals surface area contributed by atoms with Crippen molar-refractivity contribution in [2.45, 2.75) is 38.8 Å². The van der Waals surface area contributed by atoms with Gasteiger partial charge in [-0.3, -0.25) is 9.69 Å². The van der Waals surface area contributed by atoms with E-state index in [9.17, 15) is 4.79 Å². The highest BCUT2D eigenvalue weighted by Gasteiger charge is 2.27. The third kappa shape index (κ3) is 3.27. The maximum absolute atomic E-state index is 11.6. The molecule has 1 atom stereocenters. The molecule has 1 aliphatic rings. The lowest BCUT2D eigenvalue weighted by atomic mass is 10.2. The van der Waals surface area contributed by atoms with Gasteiger partial charge in [-0.1, -0.05) is 6.92 Å². The molecule has 0 radical (unpaired) electrons. The fourth-order valence-corrected chi connectivity index (χ4v) is 1.47. The smallest absolute Gasteiger partial charge is 0.237 e. The monoisotopic (exact) mass is 200 g/mol. The topological polar surface area (TPSA) is 52.6 Å². The van der Waals surface area contributed by atoms with E-state index in [1.807, 2.05) is 18.7 Å². The van der Waals surface area contributed by atoms with E-state index >= 15 is 0 Å². The van der Waals surface area contributed by atoms with Crippen LogP contribution in [-0.4, -0.2) is 47.7 Å². The number of nitrogens with one attached hydrogen (secondary N) is 1. The summed E-state index contributed by atoms with van der Waals surface area (Å²) in [7, 11) is 0. The molecule has 14 heavy (non-hydrogen) atoms. The van der Waals surface area contributed by atoms with Crippen molar-refractivity contribution in [3.63, 3.8) is 0 Å². The van der Waals surface area contributed by atoms with Gasteiger partial charge in [0.15, 0.2) is 0 Å². The highest BCUT2D eigenvalue weighted by atomic mass is 16.3. The quantitative estimate of drug-likeness (QED) is 0.633. The molecule has 1 amide bonds.